The maximum absolute atomic E-state index is 11.1. The van der Waals surface area contributed by atoms with Gasteiger partial charge in [0.2, 0.25) is 0 Å². The Kier molecular flexibility index (Phi) is 4.06. The topological polar surface area (TPSA) is 116 Å². The van der Waals surface area contributed by atoms with E-state index < -0.39 is 18.0 Å². The number of carboxylic acid groups (broad SMARTS) is 1. The molecular formula is C11H14N2O4. The van der Waals surface area contributed by atoms with Crippen molar-refractivity contribution in [1.82, 2.24) is 0 Å². The molecule has 1 atom stereocenters. The molecule has 0 heterocycles. The predicted octanol–water partition coefficient (Wildman–Crippen LogP) is 0.00980. The number of methoxy groups -OCH3 is 1. The Morgan fingerprint density at radius 1 is 1.47 bits per heavy atom. The zero-order chi connectivity index (χ0) is 13.0. The van der Waals surface area contributed by atoms with Gasteiger partial charge in [-0.05, 0) is 24.1 Å². The lowest BCUT2D eigenvalue weighted by Crippen LogP contribution is -2.33. The van der Waals surface area contributed by atoms with E-state index in [1.54, 1.807) is 6.07 Å². The molecule has 0 aliphatic rings. The molecule has 0 aliphatic carbocycles. The standard InChI is InChI=1S/C11H14N2O4/c1-17-11(16)9(13)5-6-2-3-8(12)7(4-6)10(14)15/h2-4,9H,5,12-13H2,1H3,(H,14,15)/t9-/m1/s1. The van der Waals surface area contributed by atoms with Crippen molar-refractivity contribution in [3.05, 3.63) is 29.3 Å². The van der Waals surface area contributed by atoms with E-state index in [-0.39, 0.29) is 17.7 Å². The zero-order valence-electron chi connectivity index (χ0n) is 9.34. The molecule has 0 saturated heterocycles. The van der Waals surface area contributed by atoms with E-state index in [0.29, 0.717) is 5.56 Å². The van der Waals surface area contributed by atoms with E-state index in [1.165, 1.54) is 19.2 Å². The van der Waals surface area contributed by atoms with Crippen LogP contribution < -0.4 is 11.5 Å². The summed E-state index contributed by atoms with van der Waals surface area (Å²) in [6, 6.07) is 3.69. The van der Waals surface area contributed by atoms with E-state index in [4.69, 9.17) is 16.6 Å². The highest BCUT2D eigenvalue weighted by Gasteiger charge is 2.16. The van der Waals surface area contributed by atoms with Crippen molar-refractivity contribution in [2.75, 3.05) is 12.8 Å². The molecule has 1 aromatic rings. The molecular weight excluding hydrogens is 224 g/mol. The summed E-state index contributed by atoms with van der Waals surface area (Å²) in [7, 11) is 1.24. The van der Waals surface area contributed by atoms with Gasteiger partial charge in [0.25, 0.3) is 0 Å². The number of rotatable bonds is 4. The summed E-state index contributed by atoms with van der Waals surface area (Å²) in [4.78, 5) is 22.0. The van der Waals surface area contributed by atoms with E-state index >= 15 is 0 Å². The number of ether oxygens (including phenoxy) is 1. The van der Waals surface area contributed by atoms with Crippen LogP contribution in [0.3, 0.4) is 0 Å². The van der Waals surface area contributed by atoms with Crippen molar-refractivity contribution in [3.8, 4) is 0 Å². The molecule has 92 valence electrons. The number of benzene rings is 1. The first-order chi connectivity index (χ1) is 7.95. The van der Waals surface area contributed by atoms with Gasteiger partial charge in [-0.25, -0.2) is 4.79 Å². The van der Waals surface area contributed by atoms with Crippen LogP contribution in [0.4, 0.5) is 5.69 Å². The van der Waals surface area contributed by atoms with Crippen LogP contribution in [0.25, 0.3) is 0 Å². The summed E-state index contributed by atoms with van der Waals surface area (Å²) in [6.45, 7) is 0. The predicted molar refractivity (Wildman–Crippen MR) is 61.5 cm³/mol. The highest BCUT2D eigenvalue weighted by atomic mass is 16.5. The first-order valence-corrected chi connectivity index (χ1v) is 4.90. The van der Waals surface area contributed by atoms with Gasteiger partial charge in [0.1, 0.15) is 6.04 Å². The minimum absolute atomic E-state index is 0.000402. The fraction of sp³-hybridized carbons (Fsp3) is 0.273. The first-order valence-electron chi connectivity index (χ1n) is 4.90. The number of nitrogen functional groups attached to an aromatic ring is 1. The number of carboxylic acids is 1. The average Bonchev–Trinajstić information content (AvgIpc) is 2.30. The number of nitrogens with two attached hydrogens (primary N) is 2. The molecule has 0 radical (unpaired) electrons. The fourth-order valence-corrected chi connectivity index (χ4v) is 1.40. The third-order valence-corrected chi connectivity index (χ3v) is 2.31. The molecule has 6 heteroatoms. The second kappa shape index (κ2) is 5.31. The van der Waals surface area contributed by atoms with Crippen molar-refractivity contribution in [2.24, 2.45) is 5.73 Å². The highest BCUT2D eigenvalue weighted by molar-refractivity contribution is 5.93. The number of hydrogen-bond donors (Lipinski definition) is 3. The van der Waals surface area contributed by atoms with Gasteiger partial charge in [-0.15, -0.1) is 0 Å². The molecule has 0 spiro atoms. The third-order valence-electron chi connectivity index (χ3n) is 2.31. The number of anilines is 1. The molecule has 0 fully saturated rings. The molecule has 1 rings (SSSR count). The van der Waals surface area contributed by atoms with Crippen molar-refractivity contribution in [3.63, 3.8) is 0 Å². The summed E-state index contributed by atoms with van der Waals surface area (Å²) in [5.74, 6) is -1.66. The van der Waals surface area contributed by atoms with Crippen molar-refractivity contribution in [2.45, 2.75) is 12.5 Å². The SMILES string of the molecule is COC(=O)[C@H](N)Cc1ccc(N)c(C(=O)O)c1. The quantitative estimate of drug-likeness (QED) is 0.502. The van der Waals surface area contributed by atoms with Gasteiger partial charge < -0.3 is 21.3 Å². The summed E-state index contributed by atoms with van der Waals surface area (Å²) >= 11 is 0. The lowest BCUT2D eigenvalue weighted by atomic mass is 10.0. The maximum atomic E-state index is 11.1. The van der Waals surface area contributed by atoms with Crippen LogP contribution in [0, 0.1) is 0 Å². The monoisotopic (exact) mass is 238 g/mol. The Hall–Kier alpha value is -2.08. The molecule has 0 unspecified atom stereocenters. The Balaban J connectivity index is 2.90. The molecule has 1 aromatic carbocycles. The molecule has 6 nitrogen and oxygen atoms in total. The number of esters is 1. The van der Waals surface area contributed by atoms with Gasteiger partial charge >= 0.3 is 11.9 Å². The molecule has 0 aliphatic heterocycles. The largest absolute Gasteiger partial charge is 0.478 e. The van der Waals surface area contributed by atoms with E-state index in [2.05, 4.69) is 4.74 Å². The van der Waals surface area contributed by atoms with Gasteiger partial charge in [0, 0.05) is 5.69 Å². The van der Waals surface area contributed by atoms with Gasteiger partial charge in [-0.2, -0.15) is 0 Å². The minimum atomic E-state index is -1.11. The second-order valence-corrected chi connectivity index (χ2v) is 3.56. The van der Waals surface area contributed by atoms with Gasteiger partial charge in [-0.1, -0.05) is 6.07 Å². The molecule has 0 amide bonds. The van der Waals surface area contributed by atoms with E-state index in [9.17, 15) is 9.59 Å². The van der Waals surface area contributed by atoms with Crippen LogP contribution in [0.15, 0.2) is 18.2 Å². The maximum Gasteiger partial charge on any atom is 0.337 e. The van der Waals surface area contributed by atoms with E-state index in [0.717, 1.165) is 0 Å². The third kappa shape index (κ3) is 3.18. The average molecular weight is 238 g/mol. The number of hydrogen-bond acceptors (Lipinski definition) is 5. The fourth-order valence-electron chi connectivity index (χ4n) is 1.40. The number of carbonyl (C=O) groups excluding carboxylic acids is 1. The van der Waals surface area contributed by atoms with Crippen molar-refractivity contribution < 1.29 is 19.4 Å². The molecule has 5 N–H and O–H groups in total. The van der Waals surface area contributed by atoms with E-state index in [1.807, 2.05) is 0 Å². The Morgan fingerprint density at radius 2 is 2.12 bits per heavy atom. The van der Waals surface area contributed by atoms with Crippen LogP contribution >= 0.6 is 0 Å². The highest BCUT2D eigenvalue weighted by Crippen LogP contribution is 2.15. The smallest absolute Gasteiger partial charge is 0.337 e. The van der Waals surface area contributed by atoms with Crippen LogP contribution in [-0.4, -0.2) is 30.2 Å². The van der Waals surface area contributed by atoms with Crippen molar-refractivity contribution >= 4 is 17.6 Å². The Bertz CT molecular complexity index is 445. The number of aromatic carboxylic acids is 1. The first kappa shape index (κ1) is 13.0. The van der Waals surface area contributed by atoms with Gasteiger partial charge in [0.05, 0.1) is 12.7 Å². The second-order valence-electron chi connectivity index (χ2n) is 3.56. The molecule has 0 aromatic heterocycles. The normalized spacial score (nSPS) is 11.9. The van der Waals surface area contributed by atoms with Gasteiger partial charge in [0.15, 0.2) is 0 Å². The minimum Gasteiger partial charge on any atom is -0.478 e. The lowest BCUT2D eigenvalue weighted by Gasteiger charge is -2.10. The molecule has 17 heavy (non-hydrogen) atoms. The van der Waals surface area contributed by atoms with Crippen LogP contribution in [0.2, 0.25) is 0 Å². The number of carbonyl (C=O) groups is 2. The summed E-state index contributed by atoms with van der Waals surface area (Å²) in [5.41, 5.74) is 11.9. The van der Waals surface area contributed by atoms with Gasteiger partial charge in [-0.3, -0.25) is 4.79 Å². The zero-order valence-corrected chi connectivity index (χ0v) is 9.34. The molecule has 0 saturated carbocycles. The Morgan fingerprint density at radius 3 is 2.65 bits per heavy atom. The summed E-state index contributed by atoms with van der Waals surface area (Å²) in [6.07, 6.45) is 0.202. The Labute approximate surface area is 98.2 Å². The van der Waals surface area contributed by atoms with Crippen LogP contribution in [0.1, 0.15) is 15.9 Å². The molecule has 0 bridgehead atoms. The lowest BCUT2D eigenvalue weighted by molar-refractivity contribution is -0.142. The van der Waals surface area contributed by atoms with Crippen LogP contribution in [0.5, 0.6) is 0 Å². The summed E-state index contributed by atoms with van der Waals surface area (Å²) in [5, 5.41) is 8.88. The van der Waals surface area contributed by atoms with Crippen molar-refractivity contribution in [1.29, 1.82) is 0 Å². The summed E-state index contributed by atoms with van der Waals surface area (Å²) < 4.78 is 4.48. The van der Waals surface area contributed by atoms with Crippen LogP contribution in [-0.2, 0) is 16.0 Å².